The number of allylic oxidation sites excluding steroid dienone is 2. The summed E-state index contributed by atoms with van der Waals surface area (Å²) >= 11 is 0. The lowest BCUT2D eigenvalue weighted by Gasteiger charge is -2.64. The Morgan fingerprint density at radius 3 is 2.96 bits per heavy atom. The first kappa shape index (κ1) is 15.7. The first-order valence-electron chi connectivity index (χ1n) is 9.60. The van der Waals surface area contributed by atoms with Gasteiger partial charge in [0, 0.05) is 18.2 Å². The molecule has 0 aromatic heterocycles. The molecule has 0 radical (unpaired) electrons. The van der Waals surface area contributed by atoms with Gasteiger partial charge in [0.25, 0.3) is 0 Å². The van der Waals surface area contributed by atoms with Crippen LogP contribution in [0.15, 0.2) is 48.0 Å². The summed E-state index contributed by atoms with van der Waals surface area (Å²) in [6.45, 7) is 6.40. The molecule has 1 saturated heterocycles. The van der Waals surface area contributed by atoms with E-state index in [-0.39, 0.29) is 17.6 Å². The molecule has 0 unspecified atom stereocenters. The average Bonchev–Trinajstić information content (AvgIpc) is 3.32. The van der Waals surface area contributed by atoms with Gasteiger partial charge in [-0.3, -0.25) is 4.90 Å². The Morgan fingerprint density at radius 1 is 1.36 bits per heavy atom. The van der Waals surface area contributed by atoms with Gasteiger partial charge < -0.3 is 14.9 Å². The smallest absolute Gasteiger partial charge is 0.131 e. The molecule has 0 aromatic rings. The van der Waals surface area contributed by atoms with Crippen molar-refractivity contribution in [3.63, 3.8) is 0 Å². The fraction of sp³-hybridized carbons (Fsp3) is 0.619. The Morgan fingerprint density at radius 2 is 2.20 bits per heavy atom. The maximum Gasteiger partial charge on any atom is 0.131 e. The van der Waals surface area contributed by atoms with Crippen LogP contribution in [-0.4, -0.2) is 45.9 Å². The molecular formula is C21H27NO3. The van der Waals surface area contributed by atoms with E-state index in [9.17, 15) is 5.11 Å². The Hall–Kier alpha value is -1.52. The Bertz CT molecular complexity index is 704. The molecule has 0 aromatic carbocycles. The maximum absolute atomic E-state index is 12.0. The van der Waals surface area contributed by atoms with E-state index in [1.807, 2.05) is 12.3 Å². The van der Waals surface area contributed by atoms with Gasteiger partial charge in [-0.25, -0.2) is 0 Å². The van der Waals surface area contributed by atoms with Gasteiger partial charge in [-0.15, -0.1) is 0 Å². The molecule has 4 atom stereocenters. The van der Waals surface area contributed by atoms with Gasteiger partial charge in [0.2, 0.25) is 0 Å². The topological polar surface area (TPSA) is 52.9 Å². The average molecular weight is 341 g/mol. The summed E-state index contributed by atoms with van der Waals surface area (Å²) in [7, 11) is 0. The van der Waals surface area contributed by atoms with E-state index in [0.717, 1.165) is 62.1 Å². The van der Waals surface area contributed by atoms with E-state index in [4.69, 9.17) is 9.84 Å². The van der Waals surface area contributed by atoms with Crippen LogP contribution in [0.5, 0.6) is 0 Å². The summed E-state index contributed by atoms with van der Waals surface area (Å²) in [5.74, 6) is 0.813. The van der Waals surface area contributed by atoms with Gasteiger partial charge in [0.05, 0.1) is 23.5 Å². The highest BCUT2D eigenvalue weighted by atomic mass is 16.5. The number of nitrogens with zero attached hydrogens (tertiary/aromatic N) is 1. The number of piperidine rings is 1. The molecule has 4 heteroatoms. The quantitative estimate of drug-likeness (QED) is 0.611. The zero-order chi connectivity index (χ0) is 17.2. The van der Waals surface area contributed by atoms with Gasteiger partial charge in [0.15, 0.2) is 0 Å². The standard InChI is InChI=1S/C21H27NO3/c1-14-6-7-21(24)18-11-16(3-2-10-23)17-13-25-19(14)20(17,21)8-9-22(18)12-15-4-5-15/h2-3,10,13,15,18-19,23-24H,1,4-9,11-12H2/b10-2+,16-3-/t18-,19+,20+,21-/m1/s1. The normalized spacial score (nSPS) is 44.8. The van der Waals surface area contributed by atoms with Crippen LogP contribution >= 0.6 is 0 Å². The Balaban J connectivity index is 1.62. The van der Waals surface area contributed by atoms with Gasteiger partial charge in [-0.2, -0.15) is 0 Å². The molecule has 5 aliphatic rings. The lowest BCUT2D eigenvalue weighted by atomic mass is 9.47. The third-order valence-corrected chi connectivity index (χ3v) is 7.34. The lowest BCUT2D eigenvalue weighted by molar-refractivity contribution is -0.200. The van der Waals surface area contributed by atoms with E-state index >= 15 is 0 Å². The Kier molecular flexibility index (Phi) is 3.29. The van der Waals surface area contributed by atoms with Gasteiger partial charge in [-0.05, 0) is 68.2 Å². The van der Waals surface area contributed by atoms with E-state index in [1.54, 1.807) is 6.08 Å². The highest BCUT2D eigenvalue weighted by molar-refractivity contribution is 5.52. The van der Waals surface area contributed by atoms with Crippen LogP contribution in [-0.2, 0) is 4.74 Å². The molecule has 1 spiro atoms. The first-order valence-corrected chi connectivity index (χ1v) is 9.60. The number of aliphatic hydroxyl groups is 2. The number of hydrogen-bond donors (Lipinski definition) is 2. The molecule has 5 rings (SSSR count). The predicted molar refractivity (Wildman–Crippen MR) is 95.9 cm³/mol. The molecule has 2 bridgehead atoms. The highest BCUT2D eigenvalue weighted by Crippen LogP contribution is 2.66. The van der Waals surface area contributed by atoms with Crippen molar-refractivity contribution in [3.8, 4) is 0 Å². The first-order chi connectivity index (χ1) is 12.1. The summed E-state index contributed by atoms with van der Waals surface area (Å²) in [4.78, 5) is 2.54. The zero-order valence-corrected chi connectivity index (χ0v) is 14.7. The van der Waals surface area contributed by atoms with Crippen molar-refractivity contribution in [2.45, 2.75) is 56.3 Å². The van der Waals surface area contributed by atoms with Crippen LogP contribution in [0.2, 0.25) is 0 Å². The van der Waals surface area contributed by atoms with E-state index in [2.05, 4.69) is 11.5 Å². The van der Waals surface area contributed by atoms with Crippen molar-refractivity contribution < 1.29 is 14.9 Å². The summed E-state index contributed by atoms with van der Waals surface area (Å²) in [5.41, 5.74) is 2.35. The largest absolute Gasteiger partial charge is 0.516 e. The number of aliphatic hydroxyl groups excluding tert-OH is 1. The van der Waals surface area contributed by atoms with Gasteiger partial charge in [-0.1, -0.05) is 12.7 Å². The highest BCUT2D eigenvalue weighted by Gasteiger charge is 2.71. The maximum atomic E-state index is 12.0. The molecule has 25 heavy (non-hydrogen) atoms. The van der Waals surface area contributed by atoms with Crippen molar-refractivity contribution in [2.24, 2.45) is 11.3 Å². The van der Waals surface area contributed by atoms with Crippen LogP contribution in [0.3, 0.4) is 0 Å². The fourth-order valence-corrected chi connectivity index (χ4v) is 5.98. The molecule has 3 aliphatic carbocycles. The number of rotatable bonds is 3. The second-order valence-electron chi connectivity index (χ2n) is 8.54. The minimum Gasteiger partial charge on any atom is -0.516 e. The summed E-state index contributed by atoms with van der Waals surface area (Å²) in [6.07, 6.45) is 12.5. The Labute approximate surface area is 149 Å². The summed E-state index contributed by atoms with van der Waals surface area (Å²) in [6, 6.07) is 0.134. The van der Waals surface area contributed by atoms with Gasteiger partial charge >= 0.3 is 0 Å². The summed E-state index contributed by atoms with van der Waals surface area (Å²) in [5, 5.41) is 21.1. The monoisotopic (exact) mass is 341 g/mol. The summed E-state index contributed by atoms with van der Waals surface area (Å²) < 4.78 is 6.10. The molecule has 2 aliphatic heterocycles. The van der Waals surface area contributed by atoms with Crippen LogP contribution < -0.4 is 0 Å². The molecule has 3 saturated carbocycles. The lowest BCUT2D eigenvalue weighted by Crippen LogP contribution is -2.73. The molecular weight excluding hydrogens is 314 g/mol. The van der Waals surface area contributed by atoms with E-state index in [1.165, 1.54) is 18.4 Å². The van der Waals surface area contributed by atoms with Crippen LogP contribution in [0, 0.1) is 11.3 Å². The minimum absolute atomic E-state index is 0.103. The molecule has 134 valence electrons. The van der Waals surface area contributed by atoms with Crippen molar-refractivity contribution in [2.75, 3.05) is 13.1 Å². The van der Waals surface area contributed by atoms with E-state index < -0.39 is 5.60 Å². The third kappa shape index (κ3) is 1.95. The second-order valence-corrected chi connectivity index (χ2v) is 8.54. The predicted octanol–water partition coefficient (Wildman–Crippen LogP) is 3.22. The van der Waals surface area contributed by atoms with Crippen LogP contribution in [0.4, 0.5) is 0 Å². The van der Waals surface area contributed by atoms with Crippen LogP contribution in [0.1, 0.15) is 38.5 Å². The SMILES string of the molecule is C=C1CC[C@@]2(O)[C@H]3C/C(=C/C=C/O)C4=CO[C@@H]1[C@]42CCN3CC1CC1. The van der Waals surface area contributed by atoms with E-state index in [0.29, 0.717) is 0 Å². The minimum atomic E-state index is -0.741. The number of likely N-dealkylation sites (tertiary alicyclic amines) is 1. The van der Waals surface area contributed by atoms with Gasteiger partial charge in [0.1, 0.15) is 6.10 Å². The zero-order valence-electron chi connectivity index (χ0n) is 14.7. The fourth-order valence-electron chi connectivity index (χ4n) is 5.98. The molecule has 0 amide bonds. The molecule has 2 N–H and O–H groups in total. The van der Waals surface area contributed by atoms with Crippen molar-refractivity contribution >= 4 is 0 Å². The molecule has 4 fully saturated rings. The number of hydrogen-bond acceptors (Lipinski definition) is 4. The van der Waals surface area contributed by atoms with Crippen molar-refractivity contribution in [1.82, 2.24) is 4.90 Å². The second kappa shape index (κ2) is 5.24. The molecule has 2 heterocycles. The van der Waals surface area contributed by atoms with Crippen molar-refractivity contribution in [3.05, 3.63) is 48.0 Å². The molecule has 4 nitrogen and oxygen atoms in total. The third-order valence-electron chi connectivity index (χ3n) is 7.34. The van der Waals surface area contributed by atoms with Crippen molar-refractivity contribution in [1.29, 1.82) is 0 Å². The van der Waals surface area contributed by atoms with Crippen LogP contribution in [0.25, 0.3) is 0 Å². The number of ether oxygens (including phenoxy) is 1.